The number of rotatable bonds is 8. The summed E-state index contributed by atoms with van der Waals surface area (Å²) in [6, 6.07) is 12.0. The molecule has 2 aromatic rings. The predicted molar refractivity (Wildman–Crippen MR) is 118 cm³/mol. The quantitative estimate of drug-likeness (QED) is 0.620. The van der Waals surface area contributed by atoms with Crippen LogP contribution in [0.25, 0.3) is 0 Å². The van der Waals surface area contributed by atoms with Gasteiger partial charge in [0.1, 0.15) is 0 Å². The van der Waals surface area contributed by atoms with Crippen LogP contribution in [0.3, 0.4) is 0 Å². The summed E-state index contributed by atoms with van der Waals surface area (Å²) < 4.78 is 54.1. The van der Waals surface area contributed by atoms with Crippen LogP contribution in [0.15, 0.2) is 58.3 Å². The second kappa shape index (κ2) is 9.47. The second-order valence-electron chi connectivity index (χ2n) is 7.75. The molecule has 31 heavy (non-hydrogen) atoms. The molecule has 0 aliphatic carbocycles. The molecule has 1 saturated heterocycles. The molecule has 0 saturated carbocycles. The zero-order chi connectivity index (χ0) is 22.6. The smallest absolute Gasteiger partial charge is 0.251 e. The summed E-state index contributed by atoms with van der Waals surface area (Å²) in [4.78, 5) is 12.8. The van der Waals surface area contributed by atoms with Crippen molar-refractivity contribution in [1.29, 1.82) is 0 Å². The maximum Gasteiger partial charge on any atom is 0.251 e. The Hall–Kier alpha value is -2.27. The van der Waals surface area contributed by atoms with E-state index in [1.807, 2.05) is 0 Å². The van der Waals surface area contributed by atoms with Crippen molar-refractivity contribution in [1.82, 2.24) is 14.3 Å². The molecular formula is C21H27N3O5S2. The first-order valence-corrected chi connectivity index (χ1v) is 13.0. The highest BCUT2D eigenvalue weighted by Gasteiger charge is 2.27. The normalized spacial score (nSPS) is 15.3. The van der Waals surface area contributed by atoms with Gasteiger partial charge in [0.2, 0.25) is 20.0 Å². The third kappa shape index (κ3) is 5.70. The zero-order valence-corrected chi connectivity index (χ0v) is 19.2. The molecule has 8 nitrogen and oxygen atoms in total. The van der Waals surface area contributed by atoms with Crippen molar-refractivity contribution >= 4 is 26.0 Å². The number of sulfonamides is 2. The maximum absolute atomic E-state index is 12.7. The zero-order valence-electron chi connectivity index (χ0n) is 17.5. The van der Waals surface area contributed by atoms with Crippen LogP contribution in [-0.2, 0) is 26.6 Å². The molecule has 3 rings (SSSR count). The van der Waals surface area contributed by atoms with Crippen LogP contribution in [0.4, 0.5) is 0 Å². The van der Waals surface area contributed by atoms with E-state index >= 15 is 0 Å². The fraction of sp³-hybridized carbons (Fsp3) is 0.381. The van der Waals surface area contributed by atoms with Gasteiger partial charge in [-0.05, 0) is 62.6 Å². The molecule has 0 spiro atoms. The van der Waals surface area contributed by atoms with Gasteiger partial charge < -0.3 is 5.32 Å². The van der Waals surface area contributed by atoms with Crippen molar-refractivity contribution in [2.45, 2.75) is 49.1 Å². The monoisotopic (exact) mass is 465 g/mol. The van der Waals surface area contributed by atoms with Crippen LogP contribution in [0.2, 0.25) is 0 Å². The van der Waals surface area contributed by atoms with Crippen LogP contribution < -0.4 is 10.0 Å². The molecule has 1 aliphatic rings. The van der Waals surface area contributed by atoms with Crippen LogP contribution >= 0.6 is 0 Å². The topological polar surface area (TPSA) is 113 Å². The van der Waals surface area contributed by atoms with E-state index in [1.165, 1.54) is 28.6 Å². The van der Waals surface area contributed by atoms with E-state index in [4.69, 9.17) is 0 Å². The van der Waals surface area contributed by atoms with Crippen molar-refractivity contribution < 1.29 is 21.6 Å². The molecule has 168 valence electrons. The molecule has 0 radical (unpaired) electrons. The minimum absolute atomic E-state index is 0.0925. The van der Waals surface area contributed by atoms with Gasteiger partial charge in [-0.1, -0.05) is 18.2 Å². The Kier molecular flexibility index (Phi) is 7.15. The van der Waals surface area contributed by atoms with E-state index in [2.05, 4.69) is 10.0 Å². The Morgan fingerprint density at radius 1 is 0.968 bits per heavy atom. The maximum atomic E-state index is 12.7. The lowest BCUT2D eigenvalue weighted by Gasteiger charge is -2.16. The number of amides is 1. The number of carbonyl (C=O) groups excluding carboxylic acids is 1. The van der Waals surface area contributed by atoms with Gasteiger partial charge >= 0.3 is 0 Å². The third-order valence-electron chi connectivity index (χ3n) is 4.85. The third-order valence-corrected chi connectivity index (χ3v) is 8.40. The number of hydrogen-bond donors (Lipinski definition) is 2. The summed E-state index contributed by atoms with van der Waals surface area (Å²) in [5.74, 6) is -0.438. The fourth-order valence-electron chi connectivity index (χ4n) is 3.36. The molecule has 0 unspecified atom stereocenters. The molecule has 10 heteroatoms. The first-order valence-electron chi connectivity index (χ1n) is 10.1. The number of carbonyl (C=O) groups is 1. The molecule has 1 fully saturated rings. The van der Waals surface area contributed by atoms with Gasteiger partial charge in [0.25, 0.3) is 5.91 Å². The minimum atomic E-state index is -3.64. The average Bonchev–Trinajstić information content (AvgIpc) is 3.27. The van der Waals surface area contributed by atoms with Crippen molar-refractivity contribution in [3.63, 3.8) is 0 Å². The summed E-state index contributed by atoms with van der Waals surface area (Å²) in [5, 5.41) is 2.72. The highest BCUT2D eigenvalue weighted by molar-refractivity contribution is 7.89. The lowest BCUT2D eigenvalue weighted by atomic mass is 10.2. The lowest BCUT2D eigenvalue weighted by molar-refractivity contribution is 0.0950. The molecule has 1 heterocycles. The second-order valence-corrected chi connectivity index (χ2v) is 11.4. The summed E-state index contributed by atoms with van der Waals surface area (Å²) >= 11 is 0. The van der Waals surface area contributed by atoms with Crippen LogP contribution in [-0.4, -0.2) is 46.2 Å². The van der Waals surface area contributed by atoms with E-state index in [9.17, 15) is 21.6 Å². The van der Waals surface area contributed by atoms with Crippen LogP contribution in [0.5, 0.6) is 0 Å². The minimum Gasteiger partial charge on any atom is -0.348 e. The molecule has 1 amide bonds. The Morgan fingerprint density at radius 3 is 2.29 bits per heavy atom. The number of hydrogen-bond acceptors (Lipinski definition) is 5. The summed E-state index contributed by atoms with van der Waals surface area (Å²) in [5.41, 5.74) is 0.839. The van der Waals surface area contributed by atoms with Gasteiger partial charge in [-0.2, -0.15) is 4.31 Å². The van der Waals surface area contributed by atoms with E-state index < -0.39 is 26.0 Å². The standard InChI is InChI=1S/C21H27N3O5S2/c1-16(2)23-30(26,27)19-9-5-7-17(13-19)15-22-21(25)18-8-6-10-20(14-18)31(28,29)24-11-3-4-12-24/h5-10,13-14,16,23H,3-4,11-12,15H2,1-2H3,(H,22,25). The Bertz CT molecular complexity index is 1160. The van der Waals surface area contributed by atoms with Gasteiger partial charge in [-0.15, -0.1) is 0 Å². The summed E-state index contributed by atoms with van der Waals surface area (Å²) in [6.45, 7) is 4.56. The van der Waals surface area contributed by atoms with E-state index in [1.54, 1.807) is 38.1 Å². The molecular weight excluding hydrogens is 438 g/mol. The molecule has 0 aromatic heterocycles. The van der Waals surface area contributed by atoms with Crippen molar-refractivity contribution in [2.75, 3.05) is 13.1 Å². The molecule has 0 bridgehead atoms. The van der Waals surface area contributed by atoms with Gasteiger partial charge in [0, 0.05) is 31.2 Å². The molecule has 2 N–H and O–H groups in total. The van der Waals surface area contributed by atoms with E-state index in [0.29, 0.717) is 18.7 Å². The number of benzene rings is 2. The fourth-order valence-corrected chi connectivity index (χ4v) is 6.25. The van der Waals surface area contributed by atoms with Crippen LogP contribution in [0, 0.1) is 0 Å². The number of nitrogens with zero attached hydrogens (tertiary/aromatic N) is 1. The van der Waals surface area contributed by atoms with Gasteiger partial charge in [-0.3, -0.25) is 4.79 Å². The first-order chi connectivity index (χ1) is 14.6. The Labute approximate surface area is 183 Å². The Balaban J connectivity index is 1.71. The summed E-state index contributed by atoms with van der Waals surface area (Å²) in [6.07, 6.45) is 1.67. The van der Waals surface area contributed by atoms with E-state index in [0.717, 1.165) is 12.8 Å². The SMILES string of the molecule is CC(C)NS(=O)(=O)c1cccc(CNC(=O)c2cccc(S(=O)(=O)N3CCCC3)c2)c1. The largest absolute Gasteiger partial charge is 0.348 e. The highest BCUT2D eigenvalue weighted by Crippen LogP contribution is 2.21. The van der Waals surface area contributed by atoms with E-state index in [-0.39, 0.29) is 27.9 Å². The molecule has 1 aliphatic heterocycles. The summed E-state index contributed by atoms with van der Waals surface area (Å²) in [7, 11) is -7.25. The molecule has 2 aromatic carbocycles. The van der Waals surface area contributed by atoms with Crippen molar-refractivity contribution in [3.8, 4) is 0 Å². The predicted octanol–water partition coefficient (Wildman–Crippen LogP) is 2.09. The van der Waals surface area contributed by atoms with Crippen molar-refractivity contribution in [3.05, 3.63) is 59.7 Å². The van der Waals surface area contributed by atoms with Gasteiger partial charge in [-0.25, -0.2) is 21.6 Å². The van der Waals surface area contributed by atoms with Gasteiger partial charge in [0.05, 0.1) is 9.79 Å². The van der Waals surface area contributed by atoms with Crippen molar-refractivity contribution in [2.24, 2.45) is 0 Å². The first kappa shape index (κ1) is 23.4. The van der Waals surface area contributed by atoms with Gasteiger partial charge in [0.15, 0.2) is 0 Å². The van der Waals surface area contributed by atoms with Crippen LogP contribution in [0.1, 0.15) is 42.6 Å². The number of nitrogens with one attached hydrogen (secondary N) is 2. The highest BCUT2D eigenvalue weighted by atomic mass is 32.2. The average molecular weight is 466 g/mol. The lowest BCUT2D eigenvalue weighted by Crippen LogP contribution is -2.30. The Morgan fingerprint density at radius 2 is 1.61 bits per heavy atom. The molecule has 0 atom stereocenters.